The van der Waals surface area contributed by atoms with Gasteiger partial charge in [0.2, 0.25) is 0 Å². The van der Waals surface area contributed by atoms with E-state index in [0.29, 0.717) is 11.0 Å². The van der Waals surface area contributed by atoms with Crippen molar-refractivity contribution in [2.75, 3.05) is 31.1 Å². The van der Waals surface area contributed by atoms with Crippen LogP contribution in [0, 0.1) is 5.41 Å². The zero-order valence-corrected chi connectivity index (χ0v) is 13.2. The number of piperidine rings is 1. The Labute approximate surface area is 123 Å². The van der Waals surface area contributed by atoms with Crippen molar-refractivity contribution in [2.24, 2.45) is 5.41 Å². The highest BCUT2D eigenvalue weighted by Gasteiger charge is 2.42. The van der Waals surface area contributed by atoms with Gasteiger partial charge in [0.1, 0.15) is 0 Å². The van der Waals surface area contributed by atoms with Crippen LogP contribution in [0.25, 0.3) is 0 Å². The highest BCUT2D eigenvalue weighted by atomic mass is 15.2. The number of rotatable bonds is 1. The monoisotopic (exact) mass is 272 g/mol. The molecule has 0 unspecified atom stereocenters. The molecule has 2 heterocycles. The summed E-state index contributed by atoms with van der Waals surface area (Å²) in [5, 5.41) is 0. The number of hydrogen-bond donors (Lipinski definition) is 0. The summed E-state index contributed by atoms with van der Waals surface area (Å²) in [6, 6.07) is 10.9. The summed E-state index contributed by atoms with van der Waals surface area (Å²) < 4.78 is 0. The minimum absolute atomic E-state index is 0.333. The summed E-state index contributed by atoms with van der Waals surface area (Å²) in [7, 11) is 0. The maximum atomic E-state index is 2.66. The van der Waals surface area contributed by atoms with Crippen molar-refractivity contribution in [3.05, 3.63) is 30.3 Å². The largest absolute Gasteiger partial charge is 0.371 e. The third kappa shape index (κ3) is 2.71. The summed E-state index contributed by atoms with van der Waals surface area (Å²) in [5.74, 6) is 0. The van der Waals surface area contributed by atoms with Crippen molar-refractivity contribution in [1.29, 1.82) is 0 Å². The highest BCUT2D eigenvalue weighted by molar-refractivity contribution is 5.47. The predicted molar refractivity (Wildman–Crippen MR) is 86.3 cm³/mol. The standard InChI is InChI=1S/C18H28N2/c1-17(2,3)20-13-10-18(11-14-20)9-12-19(15-18)16-7-5-4-6-8-16/h4-8H,9-15H2,1-3H3. The molecule has 0 aromatic heterocycles. The molecular formula is C18H28N2. The van der Waals surface area contributed by atoms with Crippen LogP contribution in [-0.4, -0.2) is 36.6 Å². The molecule has 2 aliphatic heterocycles. The quantitative estimate of drug-likeness (QED) is 0.767. The predicted octanol–water partition coefficient (Wildman–Crippen LogP) is 3.78. The fourth-order valence-corrected chi connectivity index (χ4v) is 3.85. The molecule has 0 bridgehead atoms. The lowest BCUT2D eigenvalue weighted by Gasteiger charge is -2.45. The number of para-hydroxylation sites is 1. The van der Waals surface area contributed by atoms with Crippen molar-refractivity contribution in [2.45, 2.75) is 45.6 Å². The molecule has 2 aliphatic rings. The Balaban J connectivity index is 1.63. The van der Waals surface area contributed by atoms with Crippen molar-refractivity contribution < 1.29 is 0 Å². The maximum Gasteiger partial charge on any atom is 0.0366 e. The van der Waals surface area contributed by atoms with Gasteiger partial charge in [-0.3, -0.25) is 4.90 Å². The first-order valence-electron chi connectivity index (χ1n) is 8.04. The SMILES string of the molecule is CC(C)(C)N1CCC2(CCN(c3ccccc3)C2)CC1. The topological polar surface area (TPSA) is 6.48 Å². The molecule has 0 amide bonds. The van der Waals surface area contributed by atoms with Gasteiger partial charge in [-0.1, -0.05) is 18.2 Å². The molecule has 0 N–H and O–H groups in total. The Bertz CT molecular complexity index is 438. The van der Waals surface area contributed by atoms with E-state index >= 15 is 0 Å². The molecule has 0 saturated carbocycles. The average Bonchev–Trinajstić information content (AvgIpc) is 2.83. The van der Waals surface area contributed by atoms with Gasteiger partial charge >= 0.3 is 0 Å². The lowest BCUT2D eigenvalue weighted by Crippen LogP contribution is -2.49. The van der Waals surface area contributed by atoms with Crippen LogP contribution in [0.4, 0.5) is 5.69 Å². The molecule has 1 spiro atoms. The van der Waals surface area contributed by atoms with Crippen LogP contribution in [0.1, 0.15) is 40.0 Å². The van der Waals surface area contributed by atoms with Gasteiger partial charge in [-0.15, -0.1) is 0 Å². The van der Waals surface area contributed by atoms with E-state index in [2.05, 4.69) is 60.9 Å². The highest BCUT2D eigenvalue weighted by Crippen LogP contribution is 2.42. The van der Waals surface area contributed by atoms with E-state index in [-0.39, 0.29) is 0 Å². The Morgan fingerprint density at radius 1 is 0.900 bits per heavy atom. The van der Waals surface area contributed by atoms with Crippen LogP contribution < -0.4 is 4.90 Å². The molecule has 3 rings (SSSR count). The molecule has 0 aliphatic carbocycles. The van der Waals surface area contributed by atoms with Gasteiger partial charge in [0.15, 0.2) is 0 Å². The van der Waals surface area contributed by atoms with Crippen LogP contribution >= 0.6 is 0 Å². The second-order valence-electron chi connectivity index (χ2n) is 7.66. The van der Waals surface area contributed by atoms with E-state index < -0.39 is 0 Å². The number of benzene rings is 1. The van der Waals surface area contributed by atoms with E-state index in [9.17, 15) is 0 Å². The normalized spacial score (nSPS) is 23.4. The molecule has 1 aromatic carbocycles. The molecule has 2 saturated heterocycles. The second kappa shape index (κ2) is 5.07. The molecule has 110 valence electrons. The zero-order valence-electron chi connectivity index (χ0n) is 13.2. The van der Waals surface area contributed by atoms with E-state index in [0.717, 1.165) is 0 Å². The second-order valence-corrected chi connectivity index (χ2v) is 7.66. The molecule has 20 heavy (non-hydrogen) atoms. The fourth-order valence-electron chi connectivity index (χ4n) is 3.85. The summed E-state index contributed by atoms with van der Waals surface area (Å²) in [4.78, 5) is 5.25. The lowest BCUT2D eigenvalue weighted by molar-refractivity contribution is 0.0523. The van der Waals surface area contributed by atoms with E-state index in [1.165, 1.54) is 51.1 Å². The Morgan fingerprint density at radius 2 is 1.50 bits per heavy atom. The van der Waals surface area contributed by atoms with Crippen LogP contribution in [0.15, 0.2) is 30.3 Å². The number of likely N-dealkylation sites (tertiary alicyclic amines) is 1. The first-order chi connectivity index (χ1) is 9.49. The summed E-state index contributed by atoms with van der Waals surface area (Å²) in [5.41, 5.74) is 2.32. The van der Waals surface area contributed by atoms with Crippen molar-refractivity contribution >= 4 is 5.69 Å². The smallest absolute Gasteiger partial charge is 0.0366 e. The van der Waals surface area contributed by atoms with Crippen LogP contribution in [-0.2, 0) is 0 Å². The summed E-state index contributed by atoms with van der Waals surface area (Å²) in [6.45, 7) is 12.1. The van der Waals surface area contributed by atoms with Crippen LogP contribution in [0.5, 0.6) is 0 Å². The molecule has 2 nitrogen and oxygen atoms in total. The average molecular weight is 272 g/mol. The minimum Gasteiger partial charge on any atom is -0.371 e. The number of anilines is 1. The molecular weight excluding hydrogens is 244 g/mol. The molecule has 0 atom stereocenters. The summed E-state index contributed by atoms with van der Waals surface area (Å²) in [6.07, 6.45) is 4.11. The Morgan fingerprint density at radius 3 is 2.10 bits per heavy atom. The van der Waals surface area contributed by atoms with Crippen LogP contribution in [0.2, 0.25) is 0 Å². The van der Waals surface area contributed by atoms with E-state index in [4.69, 9.17) is 0 Å². The van der Waals surface area contributed by atoms with Crippen molar-refractivity contribution in [1.82, 2.24) is 4.90 Å². The van der Waals surface area contributed by atoms with Gasteiger partial charge in [-0.25, -0.2) is 0 Å². The van der Waals surface area contributed by atoms with Gasteiger partial charge in [0.05, 0.1) is 0 Å². The summed E-state index contributed by atoms with van der Waals surface area (Å²) >= 11 is 0. The molecule has 2 heteroatoms. The third-order valence-corrected chi connectivity index (χ3v) is 5.33. The maximum absolute atomic E-state index is 2.66. The molecule has 1 aromatic rings. The van der Waals surface area contributed by atoms with Gasteiger partial charge in [-0.2, -0.15) is 0 Å². The Hall–Kier alpha value is -1.02. The zero-order chi connectivity index (χ0) is 14.2. The first-order valence-corrected chi connectivity index (χ1v) is 8.04. The van der Waals surface area contributed by atoms with Gasteiger partial charge in [-0.05, 0) is 70.7 Å². The number of nitrogens with zero attached hydrogens (tertiary/aromatic N) is 2. The van der Waals surface area contributed by atoms with Crippen LogP contribution in [0.3, 0.4) is 0 Å². The van der Waals surface area contributed by atoms with Gasteiger partial charge < -0.3 is 4.90 Å². The lowest BCUT2D eigenvalue weighted by atomic mass is 9.77. The van der Waals surface area contributed by atoms with E-state index in [1.807, 2.05) is 0 Å². The Kier molecular flexibility index (Phi) is 3.53. The van der Waals surface area contributed by atoms with Crippen molar-refractivity contribution in [3.63, 3.8) is 0 Å². The van der Waals surface area contributed by atoms with Gasteiger partial charge in [0, 0.05) is 24.3 Å². The van der Waals surface area contributed by atoms with E-state index in [1.54, 1.807) is 0 Å². The molecule has 0 radical (unpaired) electrons. The third-order valence-electron chi connectivity index (χ3n) is 5.33. The van der Waals surface area contributed by atoms with Crippen molar-refractivity contribution in [3.8, 4) is 0 Å². The fraction of sp³-hybridized carbons (Fsp3) is 0.667. The number of hydrogen-bond acceptors (Lipinski definition) is 2. The van der Waals surface area contributed by atoms with Gasteiger partial charge in [0.25, 0.3) is 0 Å². The molecule has 2 fully saturated rings. The first kappa shape index (κ1) is 13.9. The minimum atomic E-state index is 0.333.